The van der Waals surface area contributed by atoms with Gasteiger partial charge in [0, 0.05) is 23.8 Å². The molecule has 0 saturated carbocycles. The molecule has 1 heterocycles. The van der Waals surface area contributed by atoms with Gasteiger partial charge in [-0.25, -0.2) is 0 Å². The average Bonchev–Trinajstić information content (AvgIpc) is 2.39. The second-order valence-corrected chi connectivity index (χ2v) is 6.36. The molecule has 18 heavy (non-hydrogen) atoms. The van der Waals surface area contributed by atoms with Crippen LogP contribution in [0.5, 0.6) is 0 Å². The van der Waals surface area contributed by atoms with E-state index < -0.39 is 0 Å². The van der Waals surface area contributed by atoms with E-state index in [2.05, 4.69) is 43.9 Å². The molecule has 1 aromatic carbocycles. The van der Waals surface area contributed by atoms with E-state index in [9.17, 15) is 0 Å². The first-order chi connectivity index (χ1) is 8.54. The summed E-state index contributed by atoms with van der Waals surface area (Å²) < 4.78 is 0. The zero-order valence-electron chi connectivity index (χ0n) is 11.8. The number of halogens is 1. The van der Waals surface area contributed by atoms with Crippen molar-refractivity contribution in [2.24, 2.45) is 0 Å². The van der Waals surface area contributed by atoms with Crippen LogP contribution in [0, 0.1) is 0 Å². The van der Waals surface area contributed by atoms with Crippen LogP contribution in [-0.2, 0) is 5.41 Å². The fourth-order valence-electron chi connectivity index (χ4n) is 2.59. The fraction of sp³-hybridized carbons (Fsp3) is 0.625. The molecule has 0 radical (unpaired) electrons. The quantitative estimate of drug-likeness (QED) is 0.742. The minimum Gasteiger partial charge on any atom is -0.371 e. The maximum absolute atomic E-state index is 6.49. The minimum absolute atomic E-state index is 0.164. The zero-order chi connectivity index (χ0) is 13.2. The standard InChI is InChI=1S/C16H24ClN/c1-4-16(2,3)14-9-8-13(12-15(14)17)18-10-6-5-7-11-18/h8-9,12H,4-7,10-11H2,1-3H3. The molecule has 0 bridgehead atoms. The molecule has 0 aliphatic carbocycles. The SMILES string of the molecule is CCC(C)(C)c1ccc(N2CCCCC2)cc1Cl. The van der Waals surface area contributed by atoms with Gasteiger partial charge in [-0.3, -0.25) is 0 Å². The molecular formula is C16H24ClN. The van der Waals surface area contributed by atoms with Crippen LogP contribution in [-0.4, -0.2) is 13.1 Å². The van der Waals surface area contributed by atoms with Crippen molar-refractivity contribution in [2.75, 3.05) is 18.0 Å². The number of nitrogens with zero attached hydrogens (tertiary/aromatic N) is 1. The van der Waals surface area contributed by atoms with Crippen LogP contribution in [0.4, 0.5) is 5.69 Å². The molecular weight excluding hydrogens is 242 g/mol. The Hall–Kier alpha value is -0.690. The molecule has 1 aliphatic heterocycles. The number of rotatable bonds is 3. The van der Waals surface area contributed by atoms with Crippen LogP contribution < -0.4 is 4.90 Å². The van der Waals surface area contributed by atoms with Crippen molar-refractivity contribution in [2.45, 2.75) is 51.9 Å². The van der Waals surface area contributed by atoms with Crippen molar-refractivity contribution in [3.8, 4) is 0 Å². The number of piperidine rings is 1. The molecule has 2 heteroatoms. The summed E-state index contributed by atoms with van der Waals surface area (Å²) in [7, 11) is 0. The van der Waals surface area contributed by atoms with Gasteiger partial charge < -0.3 is 4.90 Å². The molecule has 1 saturated heterocycles. The summed E-state index contributed by atoms with van der Waals surface area (Å²) in [6, 6.07) is 6.61. The number of hydrogen-bond donors (Lipinski definition) is 0. The third-order valence-corrected chi connectivity index (χ3v) is 4.60. The summed E-state index contributed by atoms with van der Waals surface area (Å²) in [5.74, 6) is 0. The van der Waals surface area contributed by atoms with Gasteiger partial charge in [0.05, 0.1) is 0 Å². The normalized spacial score (nSPS) is 17.0. The molecule has 2 rings (SSSR count). The van der Waals surface area contributed by atoms with Crippen molar-refractivity contribution in [3.05, 3.63) is 28.8 Å². The van der Waals surface area contributed by atoms with Gasteiger partial charge in [-0.05, 0) is 48.8 Å². The lowest BCUT2D eigenvalue weighted by Gasteiger charge is -2.30. The summed E-state index contributed by atoms with van der Waals surface area (Å²) in [4.78, 5) is 2.46. The summed E-state index contributed by atoms with van der Waals surface area (Å²) in [6.45, 7) is 9.08. The second-order valence-electron chi connectivity index (χ2n) is 5.95. The average molecular weight is 266 g/mol. The van der Waals surface area contributed by atoms with Crippen molar-refractivity contribution < 1.29 is 0 Å². The molecule has 1 aromatic rings. The monoisotopic (exact) mass is 265 g/mol. The topological polar surface area (TPSA) is 3.24 Å². The van der Waals surface area contributed by atoms with Gasteiger partial charge in [0.1, 0.15) is 0 Å². The fourth-order valence-corrected chi connectivity index (χ4v) is 3.02. The molecule has 0 aromatic heterocycles. The van der Waals surface area contributed by atoms with Crippen LogP contribution in [0.25, 0.3) is 0 Å². The van der Waals surface area contributed by atoms with E-state index in [0.717, 1.165) is 11.4 Å². The third kappa shape index (κ3) is 2.83. The van der Waals surface area contributed by atoms with Gasteiger partial charge in [0.25, 0.3) is 0 Å². The predicted octanol–water partition coefficient (Wildman–Crippen LogP) is 5.02. The lowest BCUT2D eigenvalue weighted by atomic mass is 9.82. The summed E-state index contributed by atoms with van der Waals surface area (Å²) in [6.07, 6.45) is 5.08. The molecule has 0 N–H and O–H groups in total. The van der Waals surface area contributed by atoms with Crippen molar-refractivity contribution in [1.82, 2.24) is 0 Å². The molecule has 0 atom stereocenters. The van der Waals surface area contributed by atoms with E-state index in [1.165, 1.54) is 43.6 Å². The lowest BCUT2D eigenvalue weighted by molar-refractivity contribution is 0.506. The minimum atomic E-state index is 0.164. The van der Waals surface area contributed by atoms with Crippen LogP contribution >= 0.6 is 11.6 Å². The van der Waals surface area contributed by atoms with Crippen LogP contribution in [0.1, 0.15) is 52.0 Å². The molecule has 1 aliphatic rings. The van der Waals surface area contributed by atoms with E-state index in [-0.39, 0.29) is 5.41 Å². The Bertz CT molecular complexity index is 406. The molecule has 1 fully saturated rings. The molecule has 0 amide bonds. The van der Waals surface area contributed by atoms with Crippen LogP contribution in [0.2, 0.25) is 5.02 Å². The maximum atomic E-state index is 6.49. The van der Waals surface area contributed by atoms with E-state index in [1.807, 2.05) is 0 Å². The van der Waals surface area contributed by atoms with Crippen LogP contribution in [0.15, 0.2) is 18.2 Å². The van der Waals surface area contributed by atoms with E-state index in [1.54, 1.807) is 0 Å². The highest BCUT2D eigenvalue weighted by molar-refractivity contribution is 6.31. The Morgan fingerprint density at radius 3 is 2.39 bits per heavy atom. The Morgan fingerprint density at radius 2 is 1.83 bits per heavy atom. The Morgan fingerprint density at radius 1 is 1.17 bits per heavy atom. The first-order valence-electron chi connectivity index (χ1n) is 7.09. The number of anilines is 1. The zero-order valence-corrected chi connectivity index (χ0v) is 12.6. The summed E-state index contributed by atoms with van der Waals surface area (Å²) >= 11 is 6.49. The van der Waals surface area contributed by atoms with Crippen LogP contribution in [0.3, 0.4) is 0 Å². The van der Waals surface area contributed by atoms with E-state index in [0.29, 0.717) is 0 Å². The van der Waals surface area contributed by atoms with E-state index >= 15 is 0 Å². The number of benzene rings is 1. The van der Waals surface area contributed by atoms with Gasteiger partial charge in [0.2, 0.25) is 0 Å². The summed E-state index contributed by atoms with van der Waals surface area (Å²) in [5, 5.41) is 0.921. The molecule has 100 valence electrons. The molecule has 0 unspecified atom stereocenters. The van der Waals surface area contributed by atoms with Crippen molar-refractivity contribution in [1.29, 1.82) is 0 Å². The Kier molecular flexibility index (Phi) is 4.21. The highest BCUT2D eigenvalue weighted by Crippen LogP contribution is 2.35. The predicted molar refractivity (Wildman–Crippen MR) is 80.8 cm³/mol. The van der Waals surface area contributed by atoms with Gasteiger partial charge in [-0.1, -0.05) is 38.4 Å². The molecule has 0 spiro atoms. The Balaban J connectivity index is 2.24. The van der Waals surface area contributed by atoms with E-state index in [4.69, 9.17) is 11.6 Å². The Labute approximate surface area is 116 Å². The van der Waals surface area contributed by atoms with Gasteiger partial charge in [-0.2, -0.15) is 0 Å². The lowest BCUT2D eigenvalue weighted by Crippen LogP contribution is -2.29. The highest BCUT2D eigenvalue weighted by atomic mass is 35.5. The highest BCUT2D eigenvalue weighted by Gasteiger charge is 2.22. The van der Waals surface area contributed by atoms with Crippen molar-refractivity contribution >= 4 is 17.3 Å². The third-order valence-electron chi connectivity index (χ3n) is 4.29. The molecule has 1 nitrogen and oxygen atoms in total. The second kappa shape index (κ2) is 5.52. The first-order valence-corrected chi connectivity index (χ1v) is 7.47. The van der Waals surface area contributed by atoms with Crippen molar-refractivity contribution in [3.63, 3.8) is 0 Å². The van der Waals surface area contributed by atoms with Gasteiger partial charge in [-0.15, -0.1) is 0 Å². The largest absolute Gasteiger partial charge is 0.371 e. The smallest absolute Gasteiger partial charge is 0.0464 e. The number of hydrogen-bond acceptors (Lipinski definition) is 1. The maximum Gasteiger partial charge on any atom is 0.0464 e. The summed E-state index contributed by atoms with van der Waals surface area (Å²) in [5.41, 5.74) is 2.72. The van der Waals surface area contributed by atoms with Gasteiger partial charge >= 0.3 is 0 Å². The van der Waals surface area contributed by atoms with Gasteiger partial charge in [0.15, 0.2) is 0 Å². The first kappa shape index (κ1) is 13.7.